The molecule has 19 heavy (non-hydrogen) atoms. The van der Waals surface area contributed by atoms with Gasteiger partial charge in [0.25, 0.3) is 0 Å². The third kappa shape index (κ3) is 2.69. The lowest BCUT2D eigenvalue weighted by Crippen LogP contribution is -2.32. The highest BCUT2D eigenvalue weighted by Gasteiger charge is 2.31. The molecule has 104 valence electrons. The van der Waals surface area contributed by atoms with Gasteiger partial charge in [0, 0.05) is 31.8 Å². The van der Waals surface area contributed by atoms with Crippen LogP contribution >= 0.6 is 0 Å². The largest absolute Gasteiger partial charge is 0.381 e. The zero-order valence-electron chi connectivity index (χ0n) is 11.7. The number of hydrogen-bond acceptors (Lipinski definition) is 3. The third-order valence-corrected chi connectivity index (χ3v) is 4.65. The third-order valence-electron chi connectivity index (χ3n) is 4.65. The molecular formula is C16H24N2O. The summed E-state index contributed by atoms with van der Waals surface area (Å²) in [6, 6.07) is 9.36. The van der Waals surface area contributed by atoms with E-state index in [2.05, 4.69) is 36.2 Å². The number of hydrogen-bond donors (Lipinski definition) is 1. The first-order chi connectivity index (χ1) is 9.25. The van der Waals surface area contributed by atoms with Gasteiger partial charge in [0.05, 0.1) is 0 Å². The molecule has 1 aromatic carbocycles. The van der Waals surface area contributed by atoms with Crippen LogP contribution in [0.3, 0.4) is 0 Å². The topological polar surface area (TPSA) is 38.5 Å². The molecule has 0 saturated carbocycles. The Morgan fingerprint density at radius 1 is 1.21 bits per heavy atom. The van der Waals surface area contributed by atoms with Crippen molar-refractivity contribution in [2.75, 3.05) is 26.8 Å². The van der Waals surface area contributed by atoms with E-state index in [0.717, 1.165) is 32.1 Å². The van der Waals surface area contributed by atoms with Gasteiger partial charge in [-0.3, -0.25) is 4.90 Å². The van der Waals surface area contributed by atoms with Crippen LogP contribution in [-0.2, 0) is 4.74 Å². The van der Waals surface area contributed by atoms with E-state index in [1.54, 1.807) is 0 Å². The minimum atomic E-state index is 0.207. The molecule has 0 radical (unpaired) electrons. The summed E-state index contributed by atoms with van der Waals surface area (Å²) in [6.45, 7) is 3.02. The van der Waals surface area contributed by atoms with Crippen molar-refractivity contribution >= 4 is 0 Å². The fraction of sp³-hybridized carbons (Fsp3) is 0.625. The zero-order valence-corrected chi connectivity index (χ0v) is 11.7. The van der Waals surface area contributed by atoms with Crippen molar-refractivity contribution < 1.29 is 4.74 Å². The quantitative estimate of drug-likeness (QED) is 0.907. The second-order valence-electron chi connectivity index (χ2n) is 5.98. The van der Waals surface area contributed by atoms with Crippen LogP contribution in [0.4, 0.5) is 0 Å². The van der Waals surface area contributed by atoms with E-state index in [1.165, 1.54) is 24.0 Å². The van der Waals surface area contributed by atoms with Gasteiger partial charge in [0.2, 0.25) is 0 Å². The van der Waals surface area contributed by atoms with E-state index in [-0.39, 0.29) is 6.04 Å². The van der Waals surface area contributed by atoms with Crippen LogP contribution in [0.25, 0.3) is 0 Å². The van der Waals surface area contributed by atoms with Crippen LogP contribution in [0, 0.1) is 5.92 Å². The van der Waals surface area contributed by atoms with E-state index < -0.39 is 0 Å². The van der Waals surface area contributed by atoms with Crippen LogP contribution in [-0.4, -0.2) is 31.7 Å². The number of benzene rings is 1. The minimum Gasteiger partial charge on any atom is -0.381 e. The summed E-state index contributed by atoms with van der Waals surface area (Å²) in [6.07, 6.45) is 3.45. The van der Waals surface area contributed by atoms with Gasteiger partial charge in [0.15, 0.2) is 0 Å². The molecule has 1 aliphatic carbocycles. The molecule has 1 heterocycles. The number of fused-ring (bicyclic) bond motifs is 1. The van der Waals surface area contributed by atoms with Gasteiger partial charge in [0.1, 0.15) is 0 Å². The first-order valence-electron chi connectivity index (χ1n) is 7.38. The minimum absolute atomic E-state index is 0.207. The molecular weight excluding hydrogens is 236 g/mol. The highest BCUT2D eigenvalue weighted by Crippen LogP contribution is 2.40. The summed E-state index contributed by atoms with van der Waals surface area (Å²) in [4.78, 5) is 2.50. The second-order valence-corrected chi connectivity index (χ2v) is 5.98. The Morgan fingerprint density at radius 2 is 1.89 bits per heavy atom. The molecule has 1 fully saturated rings. The van der Waals surface area contributed by atoms with E-state index in [9.17, 15) is 0 Å². The van der Waals surface area contributed by atoms with E-state index >= 15 is 0 Å². The van der Waals surface area contributed by atoms with E-state index in [1.807, 2.05) is 0 Å². The van der Waals surface area contributed by atoms with Crippen LogP contribution in [0.15, 0.2) is 24.3 Å². The predicted molar refractivity (Wildman–Crippen MR) is 76.9 cm³/mol. The Labute approximate surface area is 115 Å². The van der Waals surface area contributed by atoms with Crippen LogP contribution < -0.4 is 5.73 Å². The number of ether oxygens (including phenoxy) is 1. The maximum Gasteiger partial charge on any atom is 0.0469 e. The lowest BCUT2D eigenvalue weighted by atomic mass is 9.98. The molecule has 3 rings (SSSR count). The summed E-state index contributed by atoms with van der Waals surface area (Å²) in [5.41, 5.74) is 9.04. The van der Waals surface area contributed by atoms with Gasteiger partial charge >= 0.3 is 0 Å². The van der Waals surface area contributed by atoms with Crippen molar-refractivity contribution in [1.82, 2.24) is 4.90 Å². The molecule has 0 spiro atoms. The summed E-state index contributed by atoms with van der Waals surface area (Å²) in [7, 11) is 2.24. The van der Waals surface area contributed by atoms with Gasteiger partial charge < -0.3 is 10.5 Å². The maximum atomic E-state index is 6.26. The van der Waals surface area contributed by atoms with Crippen molar-refractivity contribution in [3.63, 3.8) is 0 Å². The second kappa shape index (κ2) is 5.61. The van der Waals surface area contributed by atoms with E-state index in [0.29, 0.717) is 6.04 Å². The smallest absolute Gasteiger partial charge is 0.0469 e. The Bertz CT molecular complexity index is 429. The zero-order chi connectivity index (χ0) is 13.2. The van der Waals surface area contributed by atoms with Crippen LogP contribution in [0.2, 0.25) is 0 Å². The summed E-state index contributed by atoms with van der Waals surface area (Å²) >= 11 is 0. The van der Waals surface area contributed by atoms with Gasteiger partial charge in [-0.15, -0.1) is 0 Å². The van der Waals surface area contributed by atoms with Crippen molar-refractivity contribution in [1.29, 1.82) is 0 Å². The van der Waals surface area contributed by atoms with Gasteiger partial charge in [-0.1, -0.05) is 24.3 Å². The normalized spacial score (nSPS) is 27.7. The first kappa shape index (κ1) is 13.1. The molecule has 2 atom stereocenters. The number of rotatable bonds is 3. The molecule has 3 heteroatoms. The monoisotopic (exact) mass is 260 g/mol. The molecule has 0 bridgehead atoms. The SMILES string of the molecule is CN(CC1CCOCC1)C1CC(N)c2ccccc21. The predicted octanol–water partition coefficient (Wildman–Crippen LogP) is 2.49. The van der Waals surface area contributed by atoms with Crippen molar-refractivity contribution in [2.24, 2.45) is 11.7 Å². The Morgan fingerprint density at radius 3 is 2.63 bits per heavy atom. The highest BCUT2D eigenvalue weighted by molar-refractivity contribution is 5.37. The van der Waals surface area contributed by atoms with Gasteiger partial charge in [-0.2, -0.15) is 0 Å². The molecule has 1 saturated heterocycles. The van der Waals surface area contributed by atoms with Crippen LogP contribution in [0.5, 0.6) is 0 Å². The van der Waals surface area contributed by atoms with E-state index in [4.69, 9.17) is 10.5 Å². The number of nitrogens with zero attached hydrogens (tertiary/aromatic N) is 1. The van der Waals surface area contributed by atoms with Crippen molar-refractivity contribution in [2.45, 2.75) is 31.3 Å². The Balaban J connectivity index is 1.69. The standard InChI is InChI=1S/C16H24N2O/c1-18(11-12-6-8-19-9-7-12)16-10-15(17)13-4-2-3-5-14(13)16/h2-5,12,15-16H,6-11,17H2,1H3. The molecule has 1 aromatic rings. The molecule has 0 amide bonds. The lowest BCUT2D eigenvalue weighted by molar-refractivity contribution is 0.0499. The van der Waals surface area contributed by atoms with Gasteiger partial charge in [-0.05, 0) is 43.4 Å². The fourth-order valence-corrected chi connectivity index (χ4v) is 3.53. The molecule has 3 nitrogen and oxygen atoms in total. The number of nitrogens with two attached hydrogens (primary N) is 1. The maximum absolute atomic E-state index is 6.26. The average Bonchev–Trinajstić information content (AvgIpc) is 2.78. The lowest BCUT2D eigenvalue weighted by Gasteiger charge is -2.31. The fourth-order valence-electron chi connectivity index (χ4n) is 3.53. The summed E-state index contributed by atoms with van der Waals surface area (Å²) in [5, 5.41) is 0. The molecule has 2 aliphatic rings. The van der Waals surface area contributed by atoms with Gasteiger partial charge in [-0.25, -0.2) is 0 Å². The molecule has 0 aromatic heterocycles. The summed E-state index contributed by atoms with van der Waals surface area (Å²) < 4.78 is 5.44. The molecule has 2 unspecified atom stereocenters. The molecule has 2 N–H and O–H groups in total. The van der Waals surface area contributed by atoms with Crippen molar-refractivity contribution in [3.8, 4) is 0 Å². The highest BCUT2D eigenvalue weighted by atomic mass is 16.5. The molecule has 1 aliphatic heterocycles. The summed E-state index contributed by atoms with van der Waals surface area (Å²) in [5.74, 6) is 0.780. The van der Waals surface area contributed by atoms with Crippen molar-refractivity contribution in [3.05, 3.63) is 35.4 Å². The Hall–Kier alpha value is -0.900. The Kier molecular flexibility index (Phi) is 3.87. The first-order valence-corrected chi connectivity index (χ1v) is 7.38. The average molecular weight is 260 g/mol. The van der Waals surface area contributed by atoms with Crippen LogP contribution in [0.1, 0.15) is 42.5 Å².